The van der Waals surface area contributed by atoms with E-state index in [0.717, 1.165) is 18.4 Å². The summed E-state index contributed by atoms with van der Waals surface area (Å²) in [5.41, 5.74) is 1.66. The Balaban J connectivity index is 1.39. The number of ether oxygens (including phenoxy) is 1. The number of hydrogen-bond donors (Lipinski definition) is 2. The highest BCUT2D eigenvalue weighted by atomic mass is 19.1. The van der Waals surface area contributed by atoms with Crippen molar-refractivity contribution in [2.24, 2.45) is 0 Å². The molecule has 1 aliphatic rings. The first-order valence-corrected chi connectivity index (χ1v) is 8.07. The van der Waals surface area contributed by atoms with Gasteiger partial charge in [0.15, 0.2) is 0 Å². The van der Waals surface area contributed by atoms with Gasteiger partial charge in [-0.05, 0) is 36.6 Å². The van der Waals surface area contributed by atoms with E-state index >= 15 is 0 Å². The first kappa shape index (κ1) is 16.8. The van der Waals surface area contributed by atoms with Gasteiger partial charge >= 0.3 is 6.09 Å². The molecule has 0 atom stereocenters. The molecule has 1 aliphatic carbocycles. The van der Waals surface area contributed by atoms with Gasteiger partial charge in [0.1, 0.15) is 18.5 Å². The summed E-state index contributed by atoms with van der Waals surface area (Å²) in [5.74, 6) is -0.526. The molecule has 1 fully saturated rings. The lowest BCUT2D eigenvalue weighted by Crippen LogP contribution is -2.49. The predicted octanol–water partition coefficient (Wildman–Crippen LogP) is 3.57. The average Bonchev–Trinajstić information content (AvgIpc) is 2.60. The van der Waals surface area contributed by atoms with Crippen LogP contribution in [0.1, 0.15) is 24.0 Å². The van der Waals surface area contributed by atoms with Crippen LogP contribution < -0.4 is 10.6 Å². The number of rotatable bonds is 5. The Labute approximate surface area is 145 Å². The maximum atomic E-state index is 13.3. The second-order valence-electron chi connectivity index (χ2n) is 6.02. The maximum Gasteiger partial charge on any atom is 0.407 e. The zero-order valence-electron chi connectivity index (χ0n) is 13.5. The first-order chi connectivity index (χ1) is 12.1. The van der Waals surface area contributed by atoms with Crippen LogP contribution in [0.3, 0.4) is 0 Å². The third kappa shape index (κ3) is 4.48. The Morgan fingerprint density at radius 2 is 1.96 bits per heavy atom. The number of carbonyl (C=O) groups excluding carboxylic acids is 1. The highest BCUT2D eigenvalue weighted by Gasteiger charge is 2.30. The number of halogens is 1. The summed E-state index contributed by atoms with van der Waals surface area (Å²) in [6, 6.07) is 15.9. The normalized spacial score (nSPS) is 18.6. The lowest BCUT2D eigenvalue weighted by molar-refractivity contribution is 0.129. The molecule has 6 heteroatoms. The summed E-state index contributed by atoms with van der Waals surface area (Å²) in [6.07, 6.45) is 1.07. The zero-order valence-corrected chi connectivity index (χ0v) is 13.5. The molecule has 0 unspecified atom stereocenters. The molecule has 0 radical (unpaired) electrons. The number of nitrogens with zero attached hydrogens (tertiary/aromatic N) is 1. The van der Waals surface area contributed by atoms with Crippen molar-refractivity contribution in [3.63, 3.8) is 0 Å². The minimum atomic E-state index is -0.526. The Hall–Kier alpha value is -3.07. The maximum absolute atomic E-state index is 13.3. The molecule has 0 spiro atoms. The SMILES string of the molecule is N#Cc1cc(NC2CC(NC(=O)OCc3ccccc3)C2)ccc1F. The molecule has 2 N–H and O–H groups in total. The van der Waals surface area contributed by atoms with Gasteiger partial charge in [0.05, 0.1) is 5.56 Å². The second kappa shape index (κ2) is 7.67. The largest absolute Gasteiger partial charge is 0.445 e. The van der Waals surface area contributed by atoms with E-state index in [0.29, 0.717) is 5.69 Å². The van der Waals surface area contributed by atoms with Gasteiger partial charge in [-0.15, -0.1) is 0 Å². The predicted molar refractivity (Wildman–Crippen MR) is 91.3 cm³/mol. The van der Waals surface area contributed by atoms with Crippen molar-refractivity contribution in [3.05, 3.63) is 65.5 Å². The van der Waals surface area contributed by atoms with Crippen LogP contribution in [-0.4, -0.2) is 18.2 Å². The Kier molecular flexibility index (Phi) is 5.14. The van der Waals surface area contributed by atoms with Crippen molar-refractivity contribution in [2.75, 3.05) is 5.32 Å². The van der Waals surface area contributed by atoms with E-state index in [4.69, 9.17) is 10.00 Å². The van der Waals surface area contributed by atoms with Gasteiger partial charge in [-0.2, -0.15) is 5.26 Å². The number of amides is 1. The van der Waals surface area contributed by atoms with E-state index in [-0.39, 0.29) is 24.3 Å². The summed E-state index contributed by atoms with van der Waals surface area (Å²) in [7, 11) is 0. The zero-order chi connectivity index (χ0) is 17.6. The fourth-order valence-corrected chi connectivity index (χ4v) is 2.72. The number of nitriles is 1. The van der Waals surface area contributed by atoms with Crippen LogP contribution >= 0.6 is 0 Å². The molecule has 5 nitrogen and oxygen atoms in total. The Bertz CT molecular complexity index is 783. The average molecular weight is 339 g/mol. The fourth-order valence-electron chi connectivity index (χ4n) is 2.72. The van der Waals surface area contributed by atoms with Crippen LogP contribution in [0, 0.1) is 17.1 Å². The fraction of sp³-hybridized carbons (Fsp3) is 0.263. The van der Waals surface area contributed by atoms with E-state index in [1.54, 1.807) is 6.07 Å². The van der Waals surface area contributed by atoms with E-state index in [1.807, 2.05) is 36.4 Å². The van der Waals surface area contributed by atoms with Crippen molar-refractivity contribution in [1.29, 1.82) is 5.26 Å². The summed E-state index contributed by atoms with van der Waals surface area (Å²) in [5, 5.41) is 14.9. The number of benzene rings is 2. The number of nitrogens with one attached hydrogen (secondary N) is 2. The van der Waals surface area contributed by atoms with Crippen LogP contribution in [0.5, 0.6) is 0 Å². The van der Waals surface area contributed by atoms with Crippen LogP contribution in [0.25, 0.3) is 0 Å². The minimum absolute atomic E-state index is 0.0171. The number of carbonyl (C=O) groups is 1. The molecule has 2 aromatic rings. The smallest absolute Gasteiger partial charge is 0.407 e. The summed E-state index contributed by atoms with van der Waals surface area (Å²) in [4.78, 5) is 11.8. The molecule has 25 heavy (non-hydrogen) atoms. The van der Waals surface area contributed by atoms with E-state index in [1.165, 1.54) is 12.1 Å². The highest BCUT2D eigenvalue weighted by Crippen LogP contribution is 2.25. The molecule has 0 bridgehead atoms. The molecule has 128 valence electrons. The molecule has 3 rings (SSSR count). The molecular weight excluding hydrogens is 321 g/mol. The standard InChI is InChI=1S/C19H18FN3O2/c20-18-7-6-15(8-14(18)11-21)22-16-9-17(10-16)23-19(24)25-12-13-4-2-1-3-5-13/h1-8,16-17,22H,9-10,12H2,(H,23,24). The van der Waals surface area contributed by atoms with Gasteiger partial charge < -0.3 is 15.4 Å². The topological polar surface area (TPSA) is 74.2 Å². The summed E-state index contributed by atoms with van der Waals surface area (Å²) >= 11 is 0. The van der Waals surface area contributed by atoms with Gasteiger partial charge in [0, 0.05) is 17.8 Å². The molecule has 0 heterocycles. The van der Waals surface area contributed by atoms with Crippen LogP contribution in [0.15, 0.2) is 48.5 Å². The highest BCUT2D eigenvalue weighted by molar-refractivity contribution is 5.68. The minimum Gasteiger partial charge on any atom is -0.445 e. The van der Waals surface area contributed by atoms with Crippen molar-refractivity contribution < 1.29 is 13.9 Å². The van der Waals surface area contributed by atoms with Crippen molar-refractivity contribution in [3.8, 4) is 6.07 Å². The van der Waals surface area contributed by atoms with Crippen molar-refractivity contribution >= 4 is 11.8 Å². The number of hydrogen-bond acceptors (Lipinski definition) is 4. The Morgan fingerprint density at radius 3 is 2.68 bits per heavy atom. The van der Waals surface area contributed by atoms with Crippen LogP contribution in [0.4, 0.5) is 14.9 Å². The number of anilines is 1. The monoisotopic (exact) mass is 339 g/mol. The van der Waals surface area contributed by atoms with Crippen molar-refractivity contribution in [2.45, 2.75) is 31.5 Å². The van der Waals surface area contributed by atoms with E-state index in [2.05, 4.69) is 10.6 Å². The Morgan fingerprint density at radius 1 is 1.20 bits per heavy atom. The first-order valence-electron chi connectivity index (χ1n) is 8.07. The van der Waals surface area contributed by atoms with Gasteiger partial charge in [0.2, 0.25) is 0 Å². The van der Waals surface area contributed by atoms with Crippen LogP contribution in [-0.2, 0) is 11.3 Å². The molecule has 2 aromatic carbocycles. The van der Waals surface area contributed by atoms with Crippen LogP contribution in [0.2, 0.25) is 0 Å². The molecule has 1 saturated carbocycles. The lowest BCUT2D eigenvalue weighted by Gasteiger charge is -2.36. The molecule has 0 aliphatic heterocycles. The van der Waals surface area contributed by atoms with Gasteiger partial charge in [-0.1, -0.05) is 30.3 Å². The molecular formula is C19H18FN3O2. The van der Waals surface area contributed by atoms with Gasteiger partial charge in [-0.3, -0.25) is 0 Å². The molecule has 0 aromatic heterocycles. The second-order valence-corrected chi connectivity index (χ2v) is 6.02. The summed E-state index contributed by atoms with van der Waals surface area (Å²) < 4.78 is 18.5. The lowest BCUT2D eigenvalue weighted by atomic mass is 9.86. The van der Waals surface area contributed by atoms with E-state index < -0.39 is 11.9 Å². The quantitative estimate of drug-likeness (QED) is 0.873. The van der Waals surface area contributed by atoms with Gasteiger partial charge in [0.25, 0.3) is 0 Å². The molecule has 1 amide bonds. The third-order valence-electron chi connectivity index (χ3n) is 4.13. The van der Waals surface area contributed by atoms with Crippen molar-refractivity contribution in [1.82, 2.24) is 5.32 Å². The van der Waals surface area contributed by atoms with Gasteiger partial charge in [-0.25, -0.2) is 9.18 Å². The third-order valence-corrected chi connectivity index (χ3v) is 4.13. The molecule has 0 saturated heterocycles. The summed E-state index contributed by atoms with van der Waals surface area (Å²) in [6.45, 7) is 0.244. The number of alkyl carbamates (subject to hydrolysis) is 1. The van der Waals surface area contributed by atoms with E-state index in [9.17, 15) is 9.18 Å².